The highest BCUT2D eigenvalue weighted by Gasteiger charge is 2.03. The third-order valence-electron chi connectivity index (χ3n) is 2.73. The van der Waals surface area contributed by atoms with Crippen LogP contribution >= 0.6 is 0 Å². The Labute approximate surface area is 107 Å². The zero-order chi connectivity index (χ0) is 12.8. The Balaban J connectivity index is 2.06. The van der Waals surface area contributed by atoms with Gasteiger partial charge in [0, 0.05) is 24.0 Å². The van der Waals surface area contributed by atoms with Crippen LogP contribution in [-0.2, 0) is 0 Å². The SMILES string of the molecule is CC(CCN)Nc1ncc(-c2ccccc2)cn1. The molecular formula is C14H18N4. The van der Waals surface area contributed by atoms with Crippen molar-refractivity contribution in [2.45, 2.75) is 19.4 Å². The van der Waals surface area contributed by atoms with Crippen LogP contribution in [0.5, 0.6) is 0 Å². The van der Waals surface area contributed by atoms with Gasteiger partial charge in [-0.2, -0.15) is 0 Å². The van der Waals surface area contributed by atoms with Gasteiger partial charge in [-0.1, -0.05) is 30.3 Å². The first-order valence-corrected chi connectivity index (χ1v) is 6.13. The van der Waals surface area contributed by atoms with Gasteiger partial charge in [-0.15, -0.1) is 0 Å². The minimum Gasteiger partial charge on any atom is -0.352 e. The van der Waals surface area contributed by atoms with Crippen LogP contribution < -0.4 is 11.1 Å². The van der Waals surface area contributed by atoms with E-state index >= 15 is 0 Å². The second-order valence-electron chi connectivity index (χ2n) is 4.28. The van der Waals surface area contributed by atoms with E-state index in [-0.39, 0.29) is 6.04 Å². The van der Waals surface area contributed by atoms with Gasteiger partial charge in [-0.05, 0) is 25.5 Å². The largest absolute Gasteiger partial charge is 0.352 e. The summed E-state index contributed by atoms with van der Waals surface area (Å²) in [7, 11) is 0. The summed E-state index contributed by atoms with van der Waals surface area (Å²) in [6.45, 7) is 2.73. The van der Waals surface area contributed by atoms with Crippen LogP contribution in [0.3, 0.4) is 0 Å². The fraction of sp³-hybridized carbons (Fsp3) is 0.286. The van der Waals surface area contributed by atoms with E-state index in [4.69, 9.17) is 5.73 Å². The number of anilines is 1. The van der Waals surface area contributed by atoms with Gasteiger partial charge >= 0.3 is 0 Å². The molecule has 1 aromatic heterocycles. The van der Waals surface area contributed by atoms with Crippen molar-refractivity contribution in [1.29, 1.82) is 0 Å². The van der Waals surface area contributed by atoms with E-state index in [0.29, 0.717) is 12.5 Å². The fourth-order valence-electron chi connectivity index (χ4n) is 1.72. The van der Waals surface area contributed by atoms with Crippen molar-refractivity contribution in [3.05, 3.63) is 42.7 Å². The van der Waals surface area contributed by atoms with Gasteiger partial charge in [0.25, 0.3) is 0 Å². The number of nitrogens with two attached hydrogens (primary N) is 1. The quantitative estimate of drug-likeness (QED) is 0.844. The lowest BCUT2D eigenvalue weighted by Crippen LogP contribution is -2.20. The summed E-state index contributed by atoms with van der Waals surface area (Å²) in [6, 6.07) is 10.4. The molecule has 4 nitrogen and oxygen atoms in total. The Morgan fingerprint density at radius 1 is 1.11 bits per heavy atom. The van der Waals surface area contributed by atoms with Crippen molar-refractivity contribution in [3.63, 3.8) is 0 Å². The highest BCUT2D eigenvalue weighted by molar-refractivity contribution is 5.61. The van der Waals surface area contributed by atoms with Crippen LogP contribution in [0.1, 0.15) is 13.3 Å². The number of rotatable bonds is 5. The zero-order valence-corrected chi connectivity index (χ0v) is 10.5. The van der Waals surface area contributed by atoms with Crippen molar-refractivity contribution >= 4 is 5.95 Å². The predicted molar refractivity (Wildman–Crippen MR) is 74.2 cm³/mol. The maximum Gasteiger partial charge on any atom is 0.222 e. The van der Waals surface area contributed by atoms with E-state index in [1.54, 1.807) is 0 Å². The number of benzene rings is 1. The Morgan fingerprint density at radius 2 is 1.78 bits per heavy atom. The summed E-state index contributed by atoms with van der Waals surface area (Å²) in [5.41, 5.74) is 7.65. The number of hydrogen-bond acceptors (Lipinski definition) is 4. The Hall–Kier alpha value is -1.94. The topological polar surface area (TPSA) is 63.8 Å². The molecule has 0 bridgehead atoms. The van der Waals surface area contributed by atoms with Gasteiger partial charge in [-0.3, -0.25) is 0 Å². The molecule has 0 radical (unpaired) electrons. The van der Waals surface area contributed by atoms with Crippen molar-refractivity contribution < 1.29 is 0 Å². The van der Waals surface area contributed by atoms with Crippen LogP contribution in [0.25, 0.3) is 11.1 Å². The molecule has 94 valence electrons. The number of aromatic nitrogens is 2. The number of nitrogens with one attached hydrogen (secondary N) is 1. The van der Waals surface area contributed by atoms with Gasteiger partial charge in [0.2, 0.25) is 5.95 Å². The molecule has 0 aliphatic rings. The fourth-order valence-corrected chi connectivity index (χ4v) is 1.72. The predicted octanol–water partition coefficient (Wildman–Crippen LogP) is 2.29. The highest BCUT2D eigenvalue weighted by atomic mass is 15.1. The molecule has 0 fully saturated rings. The maximum absolute atomic E-state index is 5.50. The van der Waals surface area contributed by atoms with E-state index in [1.165, 1.54) is 0 Å². The van der Waals surface area contributed by atoms with Crippen LogP contribution in [-0.4, -0.2) is 22.6 Å². The molecule has 18 heavy (non-hydrogen) atoms. The molecule has 0 aliphatic carbocycles. The van der Waals surface area contributed by atoms with E-state index in [9.17, 15) is 0 Å². The number of hydrogen-bond donors (Lipinski definition) is 2. The molecule has 1 atom stereocenters. The van der Waals surface area contributed by atoms with E-state index < -0.39 is 0 Å². The lowest BCUT2D eigenvalue weighted by molar-refractivity contribution is 0.709. The molecule has 1 aromatic carbocycles. The van der Waals surface area contributed by atoms with E-state index in [2.05, 4.69) is 22.2 Å². The molecule has 4 heteroatoms. The van der Waals surface area contributed by atoms with E-state index in [1.807, 2.05) is 42.7 Å². The van der Waals surface area contributed by atoms with Crippen molar-refractivity contribution in [1.82, 2.24) is 9.97 Å². The van der Waals surface area contributed by atoms with E-state index in [0.717, 1.165) is 17.5 Å². The summed E-state index contributed by atoms with van der Waals surface area (Å²) >= 11 is 0. The minimum absolute atomic E-state index is 0.289. The molecule has 0 saturated heterocycles. The minimum atomic E-state index is 0.289. The maximum atomic E-state index is 5.50. The first-order chi connectivity index (χ1) is 8.79. The standard InChI is InChI=1S/C14H18N4/c1-11(7-8-15)18-14-16-9-13(10-17-14)12-5-3-2-4-6-12/h2-6,9-11H,7-8,15H2,1H3,(H,16,17,18). The van der Waals surface area contributed by atoms with Crippen molar-refractivity contribution in [2.24, 2.45) is 5.73 Å². The third-order valence-corrected chi connectivity index (χ3v) is 2.73. The smallest absolute Gasteiger partial charge is 0.222 e. The number of nitrogens with zero attached hydrogens (tertiary/aromatic N) is 2. The summed E-state index contributed by atoms with van der Waals surface area (Å²) in [5.74, 6) is 0.649. The van der Waals surface area contributed by atoms with Gasteiger partial charge in [0.15, 0.2) is 0 Å². The Bertz CT molecular complexity index is 467. The van der Waals surface area contributed by atoms with Gasteiger partial charge in [-0.25, -0.2) is 9.97 Å². The van der Waals surface area contributed by atoms with Crippen LogP contribution in [0, 0.1) is 0 Å². The van der Waals surface area contributed by atoms with Crippen molar-refractivity contribution in [3.8, 4) is 11.1 Å². The molecule has 3 N–H and O–H groups in total. The monoisotopic (exact) mass is 242 g/mol. The second kappa shape index (κ2) is 6.12. The molecule has 1 heterocycles. The molecule has 2 rings (SSSR count). The lowest BCUT2D eigenvalue weighted by Gasteiger charge is -2.12. The normalized spacial score (nSPS) is 12.1. The summed E-state index contributed by atoms with van der Waals surface area (Å²) in [6.07, 6.45) is 4.57. The Kier molecular flexibility index (Phi) is 4.25. The summed E-state index contributed by atoms with van der Waals surface area (Å²) < 4.78 is 0. The van der Waals surface area contributed by atoms with Crippen molar-refractivity contribution in [2.75, 3.05) is 11.9 Å². The molecular weight excluding hydrogens is 224 g/mol. The third kappa shape index (κ3) is 3.28. The van der Waals surface area contributed by atoms with Gasteiger partial charge in [0.1, 0.15) is 0 Å². The van der Waals surface area contributed by atoms with Gasteiger partial charge < -0.3 is 11.1 Å². The summed E-state index contributed by atoms with van der Waals surface area (Å²) in [4.78, 5) is 8.63. The Morgan fingerprint density at radius 3 is 2.39 bits per heavy atom. The average molecular weight is 242 g/mol. The molecule has 0 saturated carbocycles. The lowest BCUT2D eigenvalue weighted by atomic mass is 10.1. The molecule has 0 spiro atoms. The van der Waals surface area contributed by atoms with Crippen LogP contribution in [0.2, 0.25) is 0 Å². The molecule has 1 unspecified atom stereocenters. The first kappa shape index (κ1) is 12.5. The zero-order valence-electron chi connectivity index (χ0n) is 10.5. The van der Waals surface area contributed by atoms with Gasteiger partial charge in [0.05, 0.1) is 0 Å². The molecule has 0 aliphatic heterocycles. The van der Waals surface area contributed by atoms with Crippen LogP contribution in [0.4, 0.5) is 5.95 Å². The summed E-state index contributed by atoms with van der Waals surface area (Å²) in [5, 5.41) is 3.22. The first-order valence-electron chi connectivity index (χ1n) is 6.13. The second-order valence-corrected chi connectivity index (χ2v) is 4.28. The molecule has 0 amide bonds. The van der Waals surface area contributed by atoms with Crippen LogP contribution in [0.15, 0.2) is 42.7 Å². The average Bonchev–Trinajstić information content (AvgIpc) is 2.41. The molecule has 2 aromatic rings. The highest BCUT2D eigenvalue weighted by Crippen LogP contribution is 2.17.